The van der Waals surface area contributed by atoms with Crippen LogP contribution in [0.3, 0.4) is 0 Å². The highest BCUT2D eigenvalue weighted by atomic mass is 28.3. The van der Waals surface area contributed by atoms with Crippen molar-refractivity contribution < 1.29 is 23.9 Å². The van der Waals surface area contributed by atoms with E-state index in [0.29, 0.717) is 0 Å². The molecule has 1 amide bonds. The molecule has 0 N–H and O–H groups in total. The van der Waals surface area contributed by atoms with E-state index in [4.69, 9.17) is 9.47 Å². The summed E-state index contributed by atoms with van der Waals surface area (Å²) >= 11 is 0. The molecule has 3 rings (SSSR count). The lowest BCUT2D eigenvalue weighted by Crippen LogP contribution is -2.57. The van der Waals surface area contributed by atoms with Crippen molar-refractivity contribution in [3.8, 4) is 0 Å². The molecule has 6 nitrogen and oxygen atoms in total. The summed E-state index contributed by atoms with van der Waals surface area (Å²) in [5.41, 5.74) is 1.21. The lowest BCUT2D eigenvalue weighted by atomic mass is 9.86. The van der Waals surface area contributed by atoms with Gasteiger partial charge in [0, 0.05) is 5.92 Å². The van der Waals surface area contributed by atoms with Crippen LogP contribution < -0.4 is 0 Å². The summed E-state index contributed by atoms with van der Waals surface area (Å²) in [4.78, 5) is 40.2. The molecule has 1 aromatic carbocycles. The van der Waals surface area contributed by atoms with Crippen molar-refractivity contribution in [2.24, 2.45) is 5.92 Å². The number of hydrogen-bond donors (Lipinski definition) is 0. The maximum Gasteiger partial charge on any atom is 0.411 e. The summed E-state index contributed by atoms with van der Waals surface area (Å²) in [6.45, 7) is 10.1. The van der Waals surface area contributed by atoms with Gasteiger partial charge >= 0.3 is 12.1 Å². The third-order valence-corrected chi connectivity index (χ3v) is 7.89. The minimum absolute atomic E-state index is 0.0965. The normalized spacial score (nSPS) is 23.8. The van der Waals surface area contributed by atoms with E-state index in [2.05, 4.69) is 19.6 Å². The molecule has 1 heterocycles. The van der Waals surface area contributed by atoms with E-state index >= 15 is 0 Å². The number of Topliss-reactive ketones (excluding diaryl/α,β-unsaturated/α-hetero) is 1. The monoisotopic (exact) mass is 427 g/mol. The van der Waals surface area contributed by atoms with Gasteiger partial charge in [0.25, 0.3) is 0 Å². The second-order valence-electron chi connectivity index (χ2n) is 9.05. The Bertz CT molecular complexity index is 944. The van der Waals surface area contributed by atoms with E-state index < -0.39 is 25.7 Å². The molecule has 0 spiro atoms. The van der Waals surface area contributed by atoms with E-state index in [1.165, 1.54) is 12.0 Å². The molecule has 0 bridgehead atoms. The summed E-state index contributed by atoms with van der Waals surface area (Å²) in [5.74, 6) is -0.790. The van der Waals surface area contributed by atoms with Crippen LogP contribution in [0.1, 0.15) is 19.4 Å². The van der Waals surface area contributed by atoms with Crippen molar-refractivity contribution in [2.45, 2.75) is 45.6 Å². The number of ether oxygens (including phenoxy) is 2. The molecule has 2 atom stereocenters. The van der Waals surface area contributed by atoms with Crippen LogP contribution in [0.2, 0.25) is 19.6 Å². The number of rotatable bonds is 4. The molecular weight excluding hydrogens is 398 g/mol. The fraction of sp³-hybridized carbons (Fsp3) is 0.435. The summed E-state index contributed by atoms with van der Waals surface area (Å²) in [6, 6.07) is 9.36. The van der Waals surface area contributed by atoms with Crippen molar-refractivity contribution in [1.82, 2.24) is 4.90 Å². The van der Waals surface area contributed by atoms with Crippen molar-refractivity contribution in [2.75, 3.05) is 13.7 Å². The fourth-order valence-electron chi connectivity index (χ4n) is 4.25. The zero-order valence-corrected chi connectivity index (χ0v) is 19.4. The number of nitrogens with zero attached hydrogens (tertiary/aromatic N) is 1. The Morgan fingerprint density at radius 3 is 2.40 bits per heavy atom. The zero-order valence-electron chi connectivity index (χ0n) is 18.4. The molecule has 0 radical (unpaired) electrons. The van der Waals surface area contributed by atoms with Gasteiger partial charge in [-0.05, 0) is 34.9 Å². The first-order valence-corrected chi connectivity index (χ1v) is 13.6. The molecule has 1 aliphatic carbocycles. The number of ketones is 1. The maximum absolute atomic E-state index is 13.1. The fourth-order valence-corrected chi connectivity index (χ4v) is 6.33. The summed E-state index contributed by atoms with van der Waals surface area (Å²) < 4.78 is 10.5. The summed E-state index contributed by atoms with van der Waals surface area (Å²) in [6.07, 6.45) is 1.11. The number of allylic oxidation sites excluding steroid dienone is 1. The van der Waals surface area contributed by atoms with Crippen LogP contribution >= 0.6 is 0 Å². The van der Waals surface area contributed by atoms with Gasteiger partial charge in [-0.1, -0.05) is 56.9 Å². The molecule has 1 aromatic rings. The maximum atomic E-state index is 13.1. The molecule has 7 heteroatoms. The number of methoxy groups -OCH3 is 1. The van der Waals surface area contributed by atoms with Crippen LogP contribution in [0.4, 0.5) is 4.79 Å². The number of carbonyl (C=O) groups excluding carboxylic acids is 3. The van der Waals surface area contributed by atoms with Crippen LogP contribution in [0.15, 0.2) is 52.8 Å². The molecule has 30 heavy (non-hydrogen) atoms. The molecule has 0 saturated heterocycles. The molecule has 2 aliphatic rings. The van der Waals surface area contributed by atoms with E-state index in [-0.39, 0.29) is 24.9 Å². The standard InChI is InChI=1S/C23H29NO5Si/c1-15-17-12-23(2,21(26)28-3)24(13-18(17)20(19(15)25)30(4,5)6)22(27)29-14-16-10-8-7-9-11-16/h7-12,15H,13-14H2,1-6H3. The van der Waals surface area contributed by atoms with E-state index in [1.54, 1.807) is 13.0 Å². The van der Waals surface area contributed by atoms with Gasteiger partial charge in [-0.25, -0.2) is 9.59 Å². The highest BCUT2D eigenvalue weighted by Crippen LogP contribution is 2.44. The SMILES string of the molecule is COC(=O)C1(C)C=C2C(=C([Si](C)(C)C)C(=O)C2C)CN1C(=O)OCc1ccccc1. The molecule has 160 valence electrons. The van der Waals surface area contributed by atoms with Crippen LogP contribution in [-0.2, 0) is 25.7 Å². The first-order chi connectivity index (χ1) is 14.0. The Balaban J connectivity index is 2.02. The number of esters is 1. The van der Waals surface area contributed by atoms with E-state index in [9.17, 15) is 14.4 Å². The van der Waals surface area contributed by atoms with Gasteiger partial charge in [-0.2, -0.15) is 0 Å². The lowest BCUT2D eigenvalue weighted by Gasteiger charge is -2.41. The highest BCUT2D eigenvalue weighted by molar-refractivity contribution is 6.87. The number of benzene rings is 1. The average Bonchev–Trinajstić information content (AvgIpc) is 2.95. The smallest absolute Gasteiger partial charge is 0.411 e. The van der Waals surface area contributed by atoms with Gasteiger partial charge in [0.15, 0.2) is 11.3 Å². The quantitative estimate of drug-likeness (QED) is 0.538. The molecule has 2 unspecified atom stereocenters. The predicted molar refractivity (Wildman–Crippen MR) is 116 cm³/mol. The van der Waals surface area contributed by atoms with Gasteiger partial charge in [0.2, 0.25) is 0 Å². The summed E-state index contributed by atoms with van der Waals surface area (Å²) in [5, 5.41) is 0.842. The van der Waals surface area contributed by atoms with Gasteiger partial charge < -0.3 is 9.47 Å². The predicted octanol–water partition coefficient (Wildman–Crippen LogP) is 3.89. The largest absolute Gasteiger partial charge is 0.467 e. The van der Waals surface area contributed by atoms with Crippen molar-refractivity contribution >= 4 is 25.9 Å². The van der Waals surface area contributed by atoms with E-state index in [1.807, 2.05) is 37.3 Å². The third-order valence-electron chi connectivity index (χ3n) is 5.84. The second kappa shape index (κ2) is 7.87. The molecule has 1 aliphatic heterocycles. The van der Waals surface area contributed by atoms with Gasteiger partial charge in [-0.3, -0.25) is 9.69 Å². The summed E-state index contributed by atoms with van der Waals surface area (Å²) in [7, 11) is -0.667. The van der Waals surface area contributed by atoms with Crippen molar-refractivity contribution in [3.63, 3.8) is 0 Å². The minimum atomic E-state index is -1.96. The van der Waals surface area contributed by atoms with Crippen LogP contribution in [0.25, 0.3) is 0 Å². The molecular formula is C23H29NO5Si. The third kappa shape index (κ3) is 3.74. The highest BCUT2D eigenvalue weighted by Gasteiger charge is 2.51. The van der Waals surface area contributed by atoms with Crippen LogP contribution in [-0.4, -0.2) is 50.0 Å². The number of fused-ring (bicyclic) bond motifs is 1. The van der Waals surface area contributed by atoms with Gasteiger partial charge in [0.05, 0.1) is 21.7 Å². The first kappa shape index (κ1) is 22.0. The minimum Gasteiger partial charge on any atom is -0.467 e. The zero-order chi connectivity index (χ0) is 22.3. The lowest BCUT2D eigenvalue weighted by molar-refractivity contribution is -0.150. The first-order valence-electron chi connectivity index (χ1n) is 10.1. The Morgan fingerprint density at radius 2 is 1.83 bits per heavy atom. The van der Waals surface area contributed by atoms with Crippen molar-refractivity contribution in [3.05, 3.63) is 58.3 Å². The van der Waals surface area contributed by atoms with E-state index in [0.717, 1.165) is 21.9 Å². The van der Waals surface area contributed by atoms with Crippen LogP contribution in [0.5, 0.6) is 0 Å². The Kier molecular flexibility index (Phi) is 5.78. The molecule has 0 fully saturated rings. The van der Waals surface area contributed by atoms with Crippen LogP contribution in [0, 0.1) is 5.92 Å². The molecule has 0 saturated carbocycles. The second-order valence-corrected chi connectivity index (χ2v) is 14.1. The van der Waals surface area contributed by atoms with Crippen molar-refractivity contribution in [1.29, 1.82) is 0 Å². The average molecular weight is 428 g/mol. The Morgan fingerprint density at radius 1 is 1.20 bits per heavy atom. The Hall–Kier alpha value is -2.67. The van der Waals surface area contributed by atoms with Gasteiger partial charge in [0.1, 0.15) is 6.61 Å². The van der Waals surface area contributed by atoms with Gasteiger partial charge in [-0.15, -0.1) is 0 Å². The Labute approximate surface area is 178 Å². The number of amides is 1. The number of carbonyl (C=O) groups is 3. The number of hydrogen-bond acceptors (Lipinski definition) is 5. The molecule has 0 aromatic heterocycles. The topological polar surface area (TPSA) is 72.9 Å².